The van der Waals surface area contributed by atoms with Crippen molar-refractivity contribution in [2.75, 3.05) is 0 Å². The van der Waals surface area contributed by atoms with Gasteiger partial charge >= 0.3 is 12.1 Å². The SMILES string of the molecule is CC1(C)CC(=O)c2c(CC[C@H](NC(=O)OC(C)(C)C)C(=O)OC(C)(C)C)n[nH]c2C1. The van der Waals surface area contributed by atoms with Gasteiger partial charge in [0.15, 0.2) is 5.78 Å². The number of aryl methyl sites for hydroxylation is 1. The first-order valence-electron chi connectivity index (χ1n) is 10.4. The van der Waals surface area contributed by atoms with Crippen molar-refractivity contribution in [3.05, 3.63) is 17.0 Å². The van der Waals surface area contributed by atoms with Crippen LogP contribution < -0.4 is 5.32 Å². The molecule has 0 aromatic carbocycles. The minimum absolute atomic E-state index is 0.0546. The van der Waals surface area contributed by atoms with Crippen LogP contribution in [0.2, 0.25) is 0 Å². The molecule has 30 heavy (non-hydrogen) atoms. The number of Topliss-reactive ketones (excluding diaryl/α,β-unsaturated/α-hetero) is 1. The zero-order valence-corrected chi connectivity index (χ0v) is 19.4. The molecule has 0 fully saturated rings. The number of alkyl carbamates (subject to hydrolysis) is 1. The molecule has 0 saturated heterocycles. The van der Waals surface area contributed by atoms with Gasteiger partial charge in [-0.25, -0.2) is 9.59 Å². The smallest absolute Gasteiger partial charge is 0.408 e. The highest BCUT2D eigenvalue weighted by Crippen LogP contribution is 2.35. The van der Waals surface area contributed by atoms with E-state index in [-0.39, 0.29) is 17.6 Å². The Balaban J connectivity index is 2.15. The molecule has 0 spiro atoms. The Kier molecular flexibility index (Phi) is 6.69. The van der Waals surface area contributed by atoms with Crippen molar-refractivity contribution in [1.29, 1.82) is 0 Å². The molecule has 1 amide bonds. The maximum absolute atomic E-state index is 12.7. The first-order valence-corrected chi connectivity index (χ1v) is 10.4. The maximum Gasteiger partial charge on any atom is 0.408 e. The molecule has 1 heterocycles. The maximum atomic E-state index is 12.7. The third-order valence-electron chi connectivity index (χ3n) is 4.54. The van der Waals surface area contributed by atoms with Crippen LogP contribution in [0.3, 0.4) is 0 Å². The number of nitrogens with one attached hydrogen (secondary N) is 2. The highest BCUT2D eigenvalue weighted by molar-refractivity contribution is 5.99. The summed E-state index contributed by atoms with van der Waals surface area (Å²) < 4.78 is 10.7. The fourth-order valence-electron chi connectivity index (χ4n) is 3.48. The highest BCUT2D eigenvalue weighted by atomic mass is 16.6. The number of hydrogen-bond donors (Lipinski definition) is 2. The number of amides is 1. The average molecular weight is 422 g/mol. The van der Waals surface area contributed by atoms with Crippen molar-refractivity contribution in [2.45, 2.75) is 98.3 Å². The van der Waals surface area contributed by atoms with Gasteiger partial charge in [-0.3, -0.25) is 9.89 Å². The largest absolute Gasteiger partial charge is 0.458 e. The van der Waals surface area contributed by atoms with Gasteiger partial charge in [0.1, 0.15) is 17.2 Å². The Morgan fingerprint density at radius 1 is 1.10 bits per heavy atom. The van der Waals surface area contributed by atoms with Gasteiger partial charge in [0.25, 0.3) is 0 Å². The van der Waals surface area contributed by atoms with Gasteiger partial charge in [-0.1, -0.05) is 13.8 Å². The van der Waals surface area contributed by atoms with Gasteiger partial charge in [0.05, 0.1) is 11.3 Å². The van der Waals surface area contributed by atoms with E-state index >= 15 is 0 Å². The zero-order valence-electron chi connectivity index (χ0n) is 19.4. The van der Waals surface area contributed by atoms with E-state index < -0.39 is 29.3 Å². The second-order valence-electron chi connectivity index (χ2n) is 10.7. The summed E-state index contributed by atoms with van der Waals surface area (Å²) >= 11 is 0. The number of rotatable bonds is 5. The highest BCUT2D eigenvalue weighted by Gasteiger charge is 2.35. The zero-order chi connectivity index (χ0) is 22.9. The number of carbonyl (C=O) groups is 3. The topological polar surface area (TPSA) is 110 Å². The van der Waals surface area contributed by atoms with Crippen LogP contribution in [-0.2, 0) is 27.1 Å². The summed E-state index contributed by atoms with van der Waals surface area (Å²) in [6, 6.07) is -0.915. The average Bonchev–Trinajstić information content (AvgIpc) is 2.89. The number of ether oxygens (including phenoxy) is 2. The van der Waals surface area contributed by atoms with Gasteiger partial charge in [-0.2, -0.15) is 5.10 Å². The van der Waals surface area contributed by atoms with E-state index in [1.165, 1.54) is 0 Å². The molecule has 0 bridgehead atoms. The van der Waals surface area contributed by atoms with E-state index in [1.54, 1.807) is 41.5 Å². The van der Waals surface area contributed by atoms with Crippen LogP contribution in [0, 0.1) is 5.41 Å². The van der Waals surface area contributed by atoms with Crippen LogP contribution in [0.5, 0.6) is 0 Å². The predicted molar refractivity (Wildman–Crippen MR) is 112 cm³/mol. The molecule has 0 unspecified atom stereocenters. The number of ketones is 1. The van der Waals surface area contributed by atoms with Crippen molar-refractivity contribution in [1.82, 2.24) is 15.5 Å². The minimum atomic E-state index is -0.915. The number of esters is 1. The molecule has 8 heteroatoms. The number of aromatic nitrogens is 2. The molecule has 0 radical (unpaired) electrons. The summed E-state index contributed by atoms with van der Waals surface area (Å²) in [6.45, 7) is 14.6. The molecule has 8 nitrogen and oxygen atoms in total. The van der Waals surface area contributed by atoms with E-state index in [0.29, 0.717) is 24.1 Å². The standard InChI is InChI=1S/C22H35N3O5/c1-20(2,3)29-18(27)14(23-19(28)30-21(4,5)6)10-9-13-17-15(25-24-13)11-22(7,8)12-16(17)26/h14H,9-12H2,1-8H3,(H,23,28)(H,24,25)/t14-/m0/s1. The molecule has 2 rings (SSSR count). The van der Waals surface area contributed by atoms with Crippen molar-refractivity contribution < 1.29 is 23.9 Å². The Labute approximate surface area is 178 Å². The van der Waals surface area contributed by atoms with Crippen LogP contribution in [0.1, 0.15) is 90.0 Å². The Hall–Kier alpha value is -2.38. The molecule has 2 N–H and O–H groups in total. The summed E-state index contributed by atoms with van der Waals surface area (Å²) in [5.74, 6) is -0.496. The summed E-state index contributed by atoms with van der Waals surface area (Å²) in [4.78, 5) is 37.6. The van der Waals surface area contributed by atoms with E-state index in [9.17, 15) is 14.4 Å². The van der Waals surface area contributed by atoms with Crippen LogP contribution >= 0.6 is 0 Å². The molecule has 1 aromatic rings. The quantitative estimate of drug-likeness (QED) is 0.701. The van der Waals surface area contributed by atoms with Gasteiger partial charge in [0.2, 0.25) is 0 Å². The summed E-state index contributed by atoms with van der Waals surface area (Å²) in [5, 5.41) is 9.90. The normalized spacial score (nSPS) is 17.1. The summed E-state index contributed by atoms with van der Waals surface area (Å²) in [7, 11) is 0. The number of hydrogen-bond acceptors (Lipinski definition) is 6. The van der Waals surface area contributed by atoms with Crippen LogP contribution in [0.4, 0.5) is 4.79 Å². The Morgan fingerprint density at radius 2 is 1.70 bits per heavy atom. The lowest BCUT2D eigenvalue weighted by Gasteiger charge is -2.28. The van der Waals surface area contributed by atoms with E-state index in [1.807, 2.05) is 0 Å². The molecular formula is C22H35N3O5. The minimum Gasteiger partial charge on any atom is -0.458 e. The fourth-order valence-corrected chi connectivity index (χ4v) is 3.48. The molecular weight excluding hydrogens is 386 g/mol. The summed E-state index contributed by atoms with van der Waals surface area (Å²) in [5.41, 5.74) is 0.575. The third kappa shape index (κ3) is 6.85. The molecule has 1 atom stereocenters. The molecule has 0 saturated carbocycles. The first kappa shape index (κ1) is 23.9. The summed E-state index contributed by atoms with van der Waals surface area (Å²) in [6.07, 6.45) is 1.09. The van der Waals surface area contributed by atoms with Gasteiger partial charge < -0.3 is 14.8 Å². The monoisotopic (exact) mass is 421 g/mol. The van der Waals surface area contributed by atoms with E-state index in [4.69, 9.17) is 9.47 Å². The number of nitrogens with zero attached hydrogens (tertiary/aromatic N) is 1. The fraction of sp³-hybridized carbons (Fsp3) is 0.727. The van der Waals surface area contributed by atoms with Crippen LogP contribution in [-0.4, -0.2) is 45.3 Å². The lowest BCUT2D eigenvalue weighted by Crippen LogP contribution is -2.46. The number of H-pyrrole nitrogens is 1. The second kappa shape index (κ2) is 8.40. The molecule has 1 aliphatic rings. The number of carbonyl (C=O) groups excluding carboxylic acids is 3. The van der Waals surface area contributed by atoms with Crippen LogP contribution in [0.15, 0.2) is 0 Å². The molecule has 0 aliphatic heterocycles. The van der Waals surface area contributed by atoms with Crippen molar-refractivity contribution in [3.8, 4) is 0 Å². The number of fused-ring (bicyclic) bond motifs is 1. The van der Waals surface area contributed by atoms with Crippen molar-refractivity contribution in [2.24, 2.45) is 5.41 Å². The van der Waals surface area contributed by atoms with Gasteiger partial charge in [-0.15, -0.1) is 0 Å². The molecule has 168 valence electrons. The first-order chi connectivity index (χ1) is 13.6. The van der Waals surface area contributed by atoms with E-state index in [2.05, 4.69) is 29.4 Å². The van der Waals surface area contributed by atoms with Gasteiger partial charge in [0, 0.05) is 12.1 Å². The van der Waals surface area contributed by atoms with Gasteiger partial charge in [-0.05, 0) is 66.2 Å². The second-order valence-corrected chi connectivity index (χ2v) is 10.7. The Bertz CT molecular complexity index is 812. The van der Waals surface area contributed by atoms with Crippen molar-refractivity contribution in [3.63, 3.8) is 0 Å². The Morgan fingerprint density at radius 3 is 2.27 bits per heavy atom. The molecule has 1 aromatic heterocycles. The lowest BCUT2D eigenvalue weighted by atomic mass is 9.75. The lowest BCUT2D eigenvalue weighted by molar-refractivity contribution is -0.157. The molecule has 1 aliphatic carbocycles. The van der Waals surface area contributed by atoms with Crippen molar-refractivity contribution >= 4 is 17.8 Å². The third-order valence-corrected chi connectivity index (χ3v) is 4.54. The number of aromatic amines is 1. The van der Waals surface area contributed by atoms with Crippen LogP contribution in [0.25, 0.3) is 0 Å². The predicted octanol–water partition coefficient (Wildman–Crippen LogP) is 3.73. The van der Waals surface area contributed by atoms with E-state index in [0.717, 1.165) is 12.1 Å².